The molecule has 1 atom stereocenters. The minimum absolute atomic E-state index is 0.258. The van der Waals surface area contributed by atoms with Gasteiger partial charge in [0.25, 0.3) is 5.91 Å². The Kier molecular flexibility index (Phi) is 7.45. The van der Waals surface area contributed by atoms with Crippen LogP contribution >= 0.6 is 11.6 Å². The quantitative estimate of drug-likeness (QED) is 0.209. The van der Waals surface area contributed by atoms with Crippen molar-refractivity contribution >= 4 is 57.5 Å². The predicted molar refractivity (Wildman–Crippen MR) is 166 cm³/mol. The standard InChI is InChI=1S/C32H31ClN6O3/c1-32(31(34)41,19-20-2-6-24(7-3-20)39-12-14-42-15-13-39)21-4-9-26-28(16-21)38-30(40)25-8-5-22(17-27(25)37-26)36-23-10-11-35-29(33)18-23/h2-11,16-18,37H,12-15,19H2,1H3,(H2,34,41)(H,35,36)(H,38,40). The lowest BCUT2D eigenvalue weighted by atomic mass is 9.76. The lowest BCUT2D eigenvalue weighted by Gasteiger charge is -2.30. The maximum absolute atomic E-state index is 13.2. The summed E-state index contributed by atoms with van der Waals surface area (Å²) in [4.78, 5) is 32.4. The zero-order chi connectivity index (χ0) is 29.3. The Bertz CT molecular complexity index is 1650. The van der Waals surface area contributed by atoms with E-state index in [0.29, 0.717) is 34.2 Å². The highest BCUT2D eigenvalue weighted by Crippen LogP contribution is 2.38. The third-order valence-electron chi connectivity index (χ3n) is 7.87. The number of carbonyl (C=O) groups is 2. The number of halogens is 1. The van der Waals surface area contributed by atoms with Crippen LogP contribution in [0.5, 0.6) is 0 Å². The third-order valence-corrected chi connectivity index (χ3v) is 8.07. The van der Waals surface area contributed by atoms with Crippen molar-refractivity contribution in [1.29, 1.82) is 0 Å². The van der Waals surface area contributed by atoms with E-state index in [0.717, 1.165) is 54.5 Å². The molecule has 3 heterocycles. The van der Waals surface area contributed by atoms with Crippen molar-refractivity contribution in [3.05, 3.63) is 101 Å². The molecule has 6 rings (SSSR count). The number of carbonyl (C=O) groups excluding carboxylic acids is 2. The van der Waals surface area contributed by atoms with E-state index in [1.165, 1.54) is 0 Å². The van der Waals surface area contributed by atoms with Gasteiger partial charge in [0.15, 0.2) is 0 Å². The lowest BCUT2D eigenvalue weighted by Crippen LogP contribution is -2.40. The molecule has 4 aromatic rings. The number of pyridine rings is 1. The first-order chi connectivity index (χ1) is 20.3. The summed E-state index contributed by atoms with van der Waals surface area (Å²) >= 11 is 6.02. The molecule has 0 radical (unpaired) electrons. The van der Waals surface area contributed by atoms with Gasteiger partial charge in [-0.1, -0.05) is 29.8 Å². The number of aromatic nitrogens is 1. The maximum atomic E-state index is 13.2. The van der Waals surface area contributed by atoms with E-state index < -0.39 is 11.3 Å². The van der Waals surface area contributed by atoms with E-state index in [4.69, 9.17) is 22.1 Å². The first-order valence-electron chi connectivity index (χ1n) is 13.8. The van der Waals surface area contributed by atoms with E-state index in [-0.39, 0.29) is 5.91 Å². The fraction of sp³-hybridized carbons (Fsp3) is 0.219. The summed E-state index contributed by atoms with van der Waals surface area (Å²) in [6.07, 6.45) is 2.04. The highest BCUT2D eigenvalue weighted by molar-refractivity contribution is 6.29. The summed E-state index contributed by atoms with van der Waals surface area (Å²) in [5.41, 5.74) is 11.8. The summed E-state index contributed by atoms with van der Waals surface area (Å²) < 4.78 is 5.46. The van der Waals surface area contributed by atoms with Crippen molar-refractivity contribution in [3.8, 4) is 0 Å². The van der Waals surface area contributed by atoms with Crippen LogP contribution in [0.1, 0.15) is 28.4 Å². The van der Waals surface area contributed by atoms with E-state index >= 15 is 0 Å². The zero-order valence-electron chi connectivity index (χ0n) is 23.1. The number of nitrogens with one attached hydrogen (secondary N) is 3. The molecule has 5 N–H and O–H groups in total. The molecule has 0 aliphatic carbocycles. The molecule has 1 unspecified atom stereocenters. The molecule has 42 heavy (non-hydrogen) atoms. The van der Waals surface area contributed by atoms with Crippen LogP contribution in [-0.2, 0) is 21.4 Å². The van der Waals surface area contributed by atoms with Crippen LogP contribution in [0.25, 0.3) is 0 Å². The van der Waals surface area contributed by atoms with Crippen molar-refractivity contribution in [2.45, 2.75) is 18.8 Å². The van der Waals surface area contributed by atoms with Gasteiger partial charge in [0.2, 0.25) is 5.91 Å². The van der Waals surface area contributed by atoms with Gasteiger partial charge in [0.1, 0.15) is 5.15 Å². The van der Waals surface area contributed by atoms with E-state index in [1.54, 1.807) is 18.3 Å². The second kappa shape index (κ2) is 11.3. The fourth-order valence-corrected chi connectivity index (χ4v) is 5.56. The van der Waals surface area contributed by atoms with Crippen LogP contribution in [0, 0.1) is 0 Å². The largest absolute Gasteiger partial charge is 0.378 e. The van der Waals surface area contributed by atoms with Crippen molar-refractivity contribution in [2.75, 3.05) is 47.2 Å². The van der Waals surface area contributed by atoms with Crippen LogP contribution in [0.4, 0.5) is 34.1 Å². The Morgan fingerprint density at radius 2 is 1.74 bits per heavy atom. The molecule has 10 heteroatoms. The molecule has 2 aliphatic heterocycles. The van der Waals surface area contributed by atoms with Gasteiger partial charge in [-0.15, -0.1) is 0 Å². The number of primary amides is 1. The molecular weight excluding hydrogens is 552 g/mol. The van der Waals surface area contributed by atoms with E-state index in [9.17, 15) is 9.59 Å². The maximum Gasteiger partial charge on any atom is 0.257 e. The van der Waals surface area contributed by atoms with Crippen molar-refractivity contribution in [3.63, 3.8) is 0 Å². The molecule has 0 saturated carbocycles. The fourth-order valence-electron chi connectivity index (χ4n) is 5.39. The van der Waals surface area contributed by atoms with Crippen LogP contribution in [-0.4, -0.2) is 43.1 Å². The number of anilines is 6. The van der Waals surface area contributed by atoms with Crippen molar-refractivity contribution < 1.29 is 14.3 Å². The molecule has 9 nitrogen and oxygen atoms in total. The number of hydrogen-bond acceptors (Lipinski definition) is 7. The number of ether oxygens (including phenoxy) is 1. The molecule has 2 aliphatic rings. The molecule has 1 saturated heterocycles. The van der Waals surface area contributed by atoms with Gasteiger partial charge in [-0.3, -0.25) is 9.59 Å². The van der Waals surface area contributed by atoms with E-state index in [1.807, 2.05) is 55.5 Å². The van der Waals surface area contributed by atoms with E-state index in [2.05, 4.69) is 38.0 Å². The zero-order valence-corrected chi connectivity index (χ0v) is 23.9. The second-order valence-corrected chi connectivity index (χ2v) is 11.1. The molecule has 0 bridgehead atoms. The predicted octanol–water partition coefficient (Wildman–Crippen LogP) is 5.61. The number of fused-ring (bicyclic) bond motifs is 2. The Morgan fingerprint density at radius 3 is 2.48 bits per heavy atom. The van der Waals surface area contributed by atoms with Crippen LogP contribution < -0.4 is 26.6 Å². The Morgan fingerprint density at radius 1 is 0.976 bits per heavy atom. The van der Waals surface area contributed by atoms with Gasteiger partial charge in [-0.05, 0) is 79.1 Å². The highest BCUT2D eigenvalue weighted by Gasteiger charge is 2.35. The molecule has 3 aromatic carbocycles. The van der Waals surface area contributed by atoms with Crippen molar-refractivity contribution in [1.82, 2.24) is 4.98 Å². The van der Waals surface area contributed by atoms with Gasteiger partial charge in [-0.25, -0.2) is 4.98 Å². The van der Waals surface area contributed by atoms with Gasteiger partial charge in [0, 0.05) is 36.3 Å². The molecular formula is C32H31ClN6O3. The Balaban J connectivity index is 1.25. The van der Waals surface area contributed by atoms with Gasteiger partial charge in [0.05, 0.1) is 41.3 Å². The molecule has 0 spiro atoms. The van der Waals surface area contributed by atoms with Crippen LogP contribution in [0.2, 0.25) is 5.15 Å². The second-order valence-electron chi connectivity index (χ2n) is 10.7. The van der Waals surface area contributed by atoms with Gasteiger partial charge < -0.3 is 31.3 Å². The lowest BCUT2D eigenvalue weighted by molar-refractivity contribution is -0.123. The molecule has 1 fully saturated rings. The van der Waals surface area contributed by atoms with Crippen LogP contribution in [0.15, 0.2) is 79.0 Å². The topological polar surface area (TPSA) is 122 Å². The molecule has 1 aromatic heterocycles. The Labute approximate surface area is 249 Å². The average Bonchev–Trinajstić information content (AvgIpc) is 3.12. The summed E-state index contributed by atoms with van der Waals surface area (Å²) in [5, 5.41) is 10.0. The Hall–Kier alpha value is -4.60. The third kappa shape index (κ3) is 5.61. The minimum Gasteiger partial charge on any atom is -0.378 e. The highest BCUT2D eigenvalue weighted by atomic mass is 35.5. The minimum atomic E-state index is -0.998. The SMILES string of the molecule is CC(Cc1ccc(N2CCOCC2)cc1)(C(N)=O)c1ccc2c(c1)NC(=O)c1ccc(Nc3ccnc(Cl)c3)cc1N2. The summed E-state index contributed by atoms with van der Waals surface area (Å²) in [6, 6.07) is 22.8. The normalized spacial score (nSPS) is 15.8. The average molecular weight is 583 g/mol. The first-order valence-corrected chi connectivity index (χ1v) is 14.1. The number of morpholine rings is 1. The summed E-state index contributed by atoms with van der Waals surface area (Å²) in [5.74, 6) is -0.700. The number of nitrogens with two attached hydrogens (primary N) is 1. The number of benzene rings is 3. The molecule has 2 amide bonds. The van der Waals surface area contributed by atoms with Gasteiger partial charge >= 0.3 is 0 Å². The first kappa shape index (κ1) is 27.6. The summed E-state index contributed by atoms with van der Waals surface area (Å²) in [7, 11) is 0. The number of amides is 2. The van der Waals surface area contributed by atoms with Gasteiger partial charge in [-0.2, -0.15) is 0 Å². The van der Waals surface area contributed by atoms with Crippen molar-refractivity contribution in [2.24, 2.45) is 5.73 Å². The smallest absolute Gasteiger partial charge is 0.257 e. The molecule has 214 valence electrons. The van der Waals surface area contributed by atoms with Crippen LogP contribution in [0.3, 0.4) is 0 Å². The monoisotopic (exact) mass is 582 g/mol. The number of nitrogens with zero attached hydrogens (tertiary/aromatic N) is 2. The number of hydrogen-bond donors (Lipinski definition) is 4. The number of rotatable bonds is 7. The summed E-state index contributed by atoms with van der Waals surface area (Å²) in [6.45, 7) is 4.99.